The fourth-order valence-corrected chi connectivity index (χ4v) is 9.94. The Balaban J connectivity index is 1.31. The smallest absolute Gasteiger partial charge is 0.407 e. The van der Waals surface area contributed by atoms with Crippen molar-refractivity contribution in [1.82, 2.24) is 5.32 Å². The molecule has 1 amide bonds. The molecule has 0 aromatic carbocycles. The minimum atomic E-state index is -0.334. The van der Waals surface area contributed by atoms with E-state index in [2.05, 4.69) is 39.9 Å². The van der Waals surface area contributed by atoms with Crippen LogP contribution in [0.1, 0.15) is 119 Å². The molecule has 0 aromatic rings. The SMILES string of the molecule is CCNC(=O)OCCO[C@H]1CC[C@@]2(C)[C@@H](CC[C@@H]3[C@@H]2CC[C@]2(C)[C@@H]([C@@H](C)CCCC(C)C)CC[C@@H]32)C1. The lowest BCUT2D eigenvalue weighted by molar-refractivity contribution is -0.138. The van der Waals surface area contributed by atoms with E-state index >= 15 is 0 Å². The highest BCUT2D eigenvalue weighted by atomic mass is 16.6. The fourth-order valence-electron chi connectivity index (χ4n) is 9.94. The van der Waals surface area contributed by atoms with Gasteiger partial charge in [0.1, 0.15) is 6.61 Å². The van der Waals surface area contributed by atoms with E-state index in [1.165, 1.54) is 77.0 Å². The van der Waals surface area contributed by atoms with Gasteiger partial charge < -0.3 is 14.8 Å². The second-order valence-electron chi connectivity index (χ2n) is 14.1. The zero-order valence-electron chi connectivity index (χ0n) is 24.5. The quantitative estimate of drug-likeness (QED) is 0.305. The number of fused-ring (bicyclic) bond motifs is 5. The fraction of sp³-hybridized carbons (Fsp3) is 0.969. The van der Waals surface area contributed by atoms with Gasteiger partial charge in [0.2, 0.25) is 0 Å². The minimum Gasteiger partial charge on any atom is -0.447 e. The monoisotopic (exact) mass is 503 g/mol. The van der Waals surface area contributed by atoms with Crippen LogP contribution >= 0.6 is 0 Å². The Bertz CT molecular complexity index is 724. The van der Waals surface area contributed by atoms with Gasteiger partial charge in [-0.15, -0.1) is 0 Å². The van der Waals surface area contributed by atoms with Crippen LogP contribution in [0.2, 0.25) is 0 Å². The maximum absolute atomic E-state index is 11.5. The van der Waals surface area contributed by atoms with Crippen molar-refractivity contribution in [2.75, 3.05) is 19.8 Å². The summed E-state index contributed by atoms with van der Waals surface area (Å²) >= 11 is 0. The molecule has 4 aliphatic carbocycles. The number of amides is 1. The lowest BCUT2D eigenvalue weighted by Crippen LogP contribution is -2.54. The van der Waals surface area contributed by atoms with E-state index in [1.807, 2.05) is 6.92 Å². The first-order valence-electron chi connectivity index (χ1n) is 15.7. The molecule has 9 atom stereocenters. The molecule has 4 rings (SSSR count). The molecule has 0 aliphatic heterocycles. The van der Waals surface area contributed by atoms with Crippen molar-refractivity contribution in [2.45, 2.75) is 125 Å². The average Bonchev–Trinajstić information content (AvgIpc) is 3.19. The standard InChI is InChI=1S/C32H57NO3/c1-7-33-30(34)36-20-19-35-25-15-17-31(5)24(21-25)11-12-26-28-14-13-27(23(4)10-8-9-22(2)3)32(28,6)18-16-29(26)31/h22-29H,7-21H2,1-6H3,(H,33,34)/t23-,24-,25-,26-,27+,28-,29-,31-,32+/m0/s1. The molecule has 4 saturated carbocycles. The number of carbonyl (C=O) groups excluding carboxylic acids is 1. The second-order valence-corrected chi connectivity index (χ2v) is 14.1. The summed E-state index contributed by atoms with van der Waals surface area (Å²) in [4.78, 5) is 11.5. The molecule has 0 bridgehead atoms. The van der Waals surface area contributed by atoms with Crippen LogP contribution in [0.4, 0.5) is 4.79 Å². The second kappa shape index (κ2) is 12.0. The third kappa shape index (κ3) is 5.79. The number of alkyl carbamates (subject to hydrolysis) is 1. The molecule has 4 fully saturated rings. The van der Waals surface area contributed by atoms with Gasteiger partial charge in [-0.05, 0) is 117 Å². The van der Waals surface area contributed by atoms with Crippen LogP contribution in [0, 0.1) is 52.3 Å². The van der Waals surface area contributed by atoms with Crippen molar-refractivity contribution >= 4 is 6.09 Å². The van der Waals surface area contributed by atoms with Crippen molar-refractivity contribution in [3.05, 3.63) is 0 Å². The third-order valence-corrected chi connectivity index (χ3v) is 11.8. The van der Waals surface area contributed by atoms with Crippen molar-refractivity contribution in [3.63, 3.8) is 0 Å². The summed E-state index contributed by atoms with van der Waals surface area (Å²) < 4.78 is 11.4. The summed E-state index contributed by atoms with van der Waals surface area (Å²) in [6.45, 7) is 16.1. The van der Waals surface area contributed by atoms with Crippen LogP contribution < -0.4 is 5.32 Å². The van der Waals surface area contributed by atoms with Gasteiger partial charge in [0.05, 0.1) is 12.7 Å². The molecule has 208 valence electrons. The van der Waals surface area contributed by atoms with Gasteiger partial charge in [-0.1, -0.05) is 53.9 Å². The van der Waals surface area contributed by atoms with Gasteiger partial charge in [0, 0.05) is 6.54 Å². The van der Waals surface area contributed by atoms with Crippen LogP contribution in [0.15, 0.2) is 0 Å². The highest BCUT2D eigenvalue weighted by Gasteiger charge is 2.60. The van der Waals surface area contributed by atoms with Crippen LogP contribution in [-0.4, -0.2) is 32.0 Å². The third-order valence-electron chi connectivity index (χ3n) is 11.8. The Morgan fingerprint density at radius 2 is 1.67 bits per heavy atom. The van der Waals surface area contributed by atoms with E-state index in [9.17, 15) is 4.79 Å². The van der Waals surface area contributed by atoms with E-state index in [0.717, 1.165) is 41.4 Å². The van der Waals surface area contributed by atoms with Gasteiger partial charge in [-0.25, -0.2) is 4.79 Å². The first-order valence-corrected chi connectivity index (χ1v) is 15.7. The molecule has 1 N–H and O–H groups in total. The Labute approximate surface area is 222 Å². The number of nitrogens with one attached hydrogen (secondary N) is 1. The summed E-state index contributed by atoms with van der Waals surface area (Å²) in [5.41, 5.74) is 1.09. The molecule has 4 nitrogen and oxygen atoms in total. The zero-order valence-corrected chi connectivity index (χ0v) is 24.5. The topological polar surface area (TPSA) is 47.6 Å². The molecule has 4 aliphatic rings. The zero-order chi connectivity index (χ0) is 25.9. The van der Waals surface area contributed by atoms with Crippen molar-refractivity contribution < 1.29 is 14.3 Å². The predicted octanol–water partition coefficient (Wildman–Crippen LogP) is 8.24. The molecule has 36 heavy (non-hydrogen) atoms. The van der Waals surface area contributed by atoms with Crippen molar-refractivity contribution in [3.8, 4) is 0 Å². The minimum absolute atomic E-state index is 0.334. The molecule has 0 saturated heterocycles. The van der Waals surface area contributed by atoms with E-state index in [0.29, 0.717) is 36.7 Å². The van der Waals surface area contributed by atoms with Gasteiger partial charge in [-0.3, -0.25) is 0 Å². The Kier molecular flexibility index (Phi) is 9.38. The Morgan fingerprint density at radius 3 is 2.42 bits per heavy atom. The molecule has 0 spiro atoms. The number of hydrogen-bond acceptors (Lipinski definition) is 3. The molecule has 0 radical (unpaired) electrons. The summed E-state index contributed by atoms with van der Waals surface area (Å²) in [7, 11) is 0. The van der Waals surface area contributed by atoms with E-state index < -0.39 is 0 Å². The lowest BCUT2D eigenvalue weighted by atomic mass is 9.44. The van der Waals surface area contributed by atoms with E-state index in [-0.39, 0.29) is 6.09 Å². The van der Waals surface area contributed by atoms with Crippen LogP contribution in [0.5, 0.6) is 0 Å². The molecule has 0 heterocycles. The number of hydrogen-bond donors (Lipinski definition) is 1. The molecule has 0 unspecified atom stereocenters. The van der Waals surface area contributed by atoms with Crippen LogP contribution in [0.3, 0.4) is 0 Å². The Hall–Kier alpha value is -0.770. The molecular formula is C32H57NO3. The summed E-state index contributed by atoms with van der Waals surface area (Å²) in [5, 5.41) is 2.68. The maximum atomic E-state index is 11.5. The number of carbonyl (C=O) groups is 1. The van der Waals surface area contributed by atoms with Crippen molar-refractivity contribution in [1.29, 1.82) is 0 Å². The highest BCUT2D eigenvalue weighted by Crippen LogP contribution is 2.68. The Morgan fingerprint density at radius 1 is 0.917 bits per heavy atom. The van der Waals surface area contributed by atoms with Crippen molar-refractivity contribution in [2.24, 2.45) is 52.3 Å². The van der Waals surface area contributed by atoms with Gasteiger partial charge in [-0.2, -0.15) is 0 Å². The van der Waals surface area contributed by atoms with Crippen LogP contribution in [-0.2, 0) is 9.47 Å². The normalized spacial score (nSPS) is 40.8. The number of ether oxygens (including phenoxy) is 2. The summed E-state index contributed by atoms with van der Waals surface area (Å²) in [5.74, 6) is 6.34. The predicted molar refractivity (Wildman–Crippen MR) is 148 cm³/mol. The first kappa shape index (κ1) is 28.2. The molecule has 4 heteroatoms. The van der Waals surface area contributed by atoms with Crippen LogP contribution in [0.25, 0.3) is 0 Å². The largest absolute Gasteiger partial charge is 0.447 e. The number of rotatable bonds is 10. The van der Waals surface area contributed by atoms with Gasteiger partial charge in [0.15, 0.2) is 0 Å². The average molecular weight is 504 g/mol. The van der Waals surface area contributed by atoms with Gasteiger partial charge >= 0.3 is 6.09 Å². The first-order chi connectivity index (χ1) is 17.2. The molecular weight excluding hydrogens is 446 g/mol. The summed E-state index contributed by atoms with van der Waals surface area (Å²) in [6.07, 6.45) is 16.7. The van der Waals surface area contributed by atoms with E-state index in [1.54, 1.807) is 0 Å². The molecule has 0 aromatic heterocycles. The maximum Gasteiger partial charge on any atom is 0.407 e. The van der Waals surface area contributed by atoms with E-state index in [4.69, 9.17) is 9.47 Å². The lowest BCUT2D eigenvalue weighted by Gasteiger charge is -2.61. The summed E-state index contributed by atoms with van der Waals surface area (Å²) in [6, 6.07) is 0. The van der Waals surface area contributed by atoms with Gasteiger partial charge in [0.25, 0.3) is 0 Å². The highest BCUT2D eigenvalue weighted by molar-refractivity contribution is 5.66.